The number of nitrogens with one attached hydrogen (secondary N) is 1. The quantitative estimate of drug-likeness (QED) is 0.856. The molecule has 1 heterocycles. The molecule has 1 aromatic heterocycles. The molecule has 1 N–H and O–H groups in total. The number of esters is 1. The first-order chi connectivity index (χ1) is 10.4. The summed E-state index contributed by atoms with van der Waals surface area (Å²) in [6.45, 7) is 2.03. The van der Waals surface area contributed by atoms with Crippen molar-refractivity contribution < 1.29 is 17.9 Å². The van der Waals surface area contributed by atoms with E-state index < -0.39 is 16.0 Å². The number of ether oxygens (including phenoxy) is 1. The summed E-state index contributed by atoms with van der Waals surface area (Å²) in [6.07, 6.45) is 2.25. The number of hydrogen-bond donors (Lipinski definition) is 1. The first-order valence-corrected chi connectivity index (χ1v) is 8.22. The van der Waals surface area contributed by atoms with Crippen LogP contribution in [0.3, 0.4) is 0 Å². The predicted molar refractivity (Wildman–Crippen MR) is 83.4 cm³/mol. The van der Waals surface area contributed by atoms with Crippen molar-refractivity contribution in [2.45, 2.75) is 18.2 Å². The van der Waals surface area contributed by atoms with Gasteiger partial charge in [0.2, 0.25) is 0 Å². The second-order valence-corrected chi connectivity index (χ2v) is 6.50. The molecule has 0 fully saturated rings. The minimum Gasteiger partial charge on any atom is -0.464 e. The number of benzene rings is 1. The molecule has 6 nitrogen and oxygen atoms in total. The van der Waals surface area contributed by atoms with Crippen molar-refractivity contribution in [2.24, 2.45) is 7.05 Å². The summed E-state index contributed by atoms with van der Waals surface area (Å²) in [7, 11) is -0.923. The average molecular weight is 322 g/mol. The Balaban J connectivity index is 2.28. The molecule has 0 saturated carbocycles. The fraction of sp³-hybridized carbons (Fsp3) is 0.267. The molecule has 0 radical (unpaired) electrons. The van der Waals surface area contributed by atoms with Crippen molar-refractivity contribution >= 4 is 21.7 Å². The molecule has 0 bridgehead atoms. The van der Waals surface area contributed by atoms with Crippen LogP contribution in [-0.4, -0.2) is 26.1 Å². The molecule has 22 heavy (non-hydrogen) atoms. The van der Waals surface area contributed by atoms with Crippen LogP contribution in [0, 0.1) is 0 Å². The van der Waals surface area contributed by atoms with E-state index in [4.69, 9.17) is 0 Å². The van der Waals surface area contributed by atoms with Gasteiger partial charge in [-0.1, -0.05) is 19.1 Å². The third-order valence-electron chi connectivity index (χ3n) is 3.30. The second kappa shape index (κ2) is 6.23. The predicted octanol–water partition coefficient (Wildman–Crippen LogP) is 2.17. The summed E-state index contributed by atoms with van der Waals surface area (Å²) >= 11 is 0. The van der Waals surface area contributed by atoms with Crippen LogP contribution in [0.5, 0.6) is 0 Å². The van der Waals surface area contributed by atoms with Crippen molar-refractivity contribution in [3.63, 3.8) is 0 Å². The Hall–Kier alpha value is -2.28. The topological polar surface area (TPSA) is 77.4 Å². The Labute approximate surface area is 129 Å². The highest BCUT2D eigenvalue weighted by Crippen LogP contribution is 2.19. The van der Waals surface area contributed by atoms with E-state index in [-0.39, 0.29) is 10.6 Å². The number of methoxy groups -OCH3 is 1. The zero-order chi connectivity index (χ0) is 16.3. The number of rotatable bonds is 5. The van der Waals surface area contributed by atoms with Gasteiger partial charge in [-0.15, -0.1) is 0 Å². The number of carbonyl (C=O) groups excluding carboxylic acids is 1. The molecule has 0 unspecified atom stereocenters. The van der Waals surface area contributed by atoms with Gasteiger partial charge in [0.15, 0.2) is 0 Å². The number of nitrogens with zero attached hydrogens (tertiary/aromatic N) is 1. The van der Waals surface area contributed by atoms with E-state index in [9.17, 15) is 13.2 Å². The summed E-state index contributed by atoms with van der Waals surface area (Å²) in [6, 6.07) is 8.43. The summed E-state index contributed by atoms with van der Waals surface area (Å²) in [5.74, 6) is -0.587. The number of hydrogen-bond acceptors (Lipinski definition) is 4. The first-order valence-electron chi connectivity index (χ1n) is 6.74. The Bertz CT molecular complexity index is 776. The third kappa shape index (κ3) is 3.30. The first kappa shape index (κ1) is 16.1. The van der Waals surface area contributed by atoms with E-state index in [1.807, 2.05) is 19.1 Å². The molecular formula is C15H18N2O4S. The van der Waals surface area contributed by atoms with Gasteiger partial charge >= 0.3 is 5.97 Å². The molecule has 0 aliphatic rings. The van der Waals surface area contributed by atoms with Crippen LogP contribution in [0.25, 0.3) is 0 Å². The van der Waals surface area contributed by atoms with Crippen molar-refractivity contribution in [1.29, 1.82) is 0 Å². The smallest absolute Gasteiger partial charge is 0.354 e. The molecule has 7 heteroatoms. The molecule has 0 spiro atoms. The lowest BCUT2D eigenvalue weighted by Crippen LogP contribution is -2.12. The van der Waals surface area contributed by atoms with Crippen molar-refractivity contribution in [1.82, 2.24) is 4.57 Å². The second-order valence-electron chi connectivity index (χ2n) is 4.82. The van der Waals surface area contributed by atoms with Gasteiger partial charge in [0.1, 0.15) is 10.6 Å². The highest BCUT2D eigenvalue weighted by atomic mass is 32.2. The largest absolute Gasteiger partial charge is 0.464 e. The van der Waals surface area contributed by atoms with E-state index in [1.54, 1.807) is 19.2 Å². The summed E-state index contributed by atoms with van der Waals surface area (Å²) in [5, 5.41) is 0. The Kier molecular flexibility index (Phi) is 4.56. The number of carbonyl (C=O) groups is 1. The molecule has 0 aliphatic carbocycles. The van der Waals surface area contributed by atoms with Crippen LogP contribution in [0.2, 0.25) is 0 Å². The standard InChI is InChI=1S/C15H18N2O4S/c1-4-11-5-7-12(8-6-11)16-22(19,20)13-9-14(15(18)21-3)17(2)10-13/h5-10,16H,4H2,1-3H3. The maximum Gasteiger partial charge on any atom is 0.354 e. The van der Waals surface area contributed by atoms with E-state index >= 15 is 0 Å². The van der Waals surface area contributed by atoms with Crippen LogP contribution in [0.4, 0.5) is 5.69 Å². The molecule has 0 atom stereocenters. The lowest BCUT2D eigenvalue weighted by molar-refractivity contribution is 0.0590. The van der Waals surface area contributed by atoms with E-state index in [2.05, 4.69) is 9.46 Å². The highest BCUT2D eigenvalue weighted by molar-refractivity contribution is 7.92. The maximum absolute atomic E-state index is 12.4. The van der Waals surface area contributed by atoms with Crippen molar-refractivity contribution in [2.75, 3.05) is 11.8 Å². The lowest BCUT2D eigenvalue weighted by Gasteiger charge is -2.07. The molecule has 2 rings (SSSR count). The summed E-state index contributed by atoms with van der Waals surface area (Å²) in [4.78, 5) is 11.6. The third-order valence-corrected chi connectivity index (χ3v) is 4.65. The van der Waals surface area contributed by atoms with Crippen LogP contribution in [0.15, 0.2) is 41.4 Å². The zero-order valence-corrected chi connectivity index (χ0v) is 13.5. The number of anilines is 1. The minimum absolute atomic E-state index is 0.00923. The SMILES string of the molecule is CCc1ccc(NS(=O)(=O)c2cc(C(=O)OC)n(C)c2)cc1. The van der Waals surface area contributed by atoms with Gasteiger partial charge in [0.25, 0.3) is 10.0 Å². The Morgan fingerprint density at radius 3 is 2.45 bits per heavy atom. The molecule has 2 aromatic rings. The highest BCUT2D eigenvalue weighted by Gasteiger charge is 2.21. The van der Waals surface area contributed by atoms with Gasteiger partial charge in [-0.05, 0) is 30.2 Å². The number of sulfonamides is 1. The van der Waals surface area contributed by atoms with E-state index in [0.29, 0.717) is 5.69 Å². The molecule has 0 saturated heterocycles. The fourth-order valence-electron chi connectivity index (χ4n) is 2.01. The Morgan fingerprint density at radius 2 is 1.91 bits per heavy atom. The Morgan fingerprint density at radius 1 is 1.27 bits per heavy atom. The summed E-state index contributed by atoms with van der Waals surface area (Å²) in [5.41, 5.74) is 1.76. The molecule has 1 aromatic carbocycles. The number of aryl methyl sites for hydroxylation is 2. The van der Waals surface area contributed by atoms with E-state index in [1.165, 1.54) is 23.9 Å². The average Bonchev–Trinajstić information content (AvgIpc) is 2.90. The normalized spacial score (nSPS) is 11.2. The molecule has 0 amide bonds. The lowest BCUT2D eigenvalue weighted by atomic mass is 10.2. The minimum atomic E-state index is -3.75. The van der Waals surface area contributed by atoms with Gasteiger partial charge in [-0.2, -0.15) is 0 Å². The fourth-order valence-corrected chi connectivity index (χ4v) is 3.14. The van der Waals surface area contributed by atoms with Crippen LogP contribution < -0.4 is 4.72 Å². The van der Waals surface area contributed by atoms with Gasteiger partial charge in [0.05, 0.1) is 7.11 Å². The van der Waals surface area contributed by atoms with E-state index in [0.717, 1.165) is 12.0 Å². The van der Waals surface area contributed by atoms with Gasteiger partial charge in [0, 0.05) is 18.9 Å². The van der Waals surface area contributed by atoms with Crippen LogP contribution >= 0.6 is 0 Å². The maximum atomic E-state index is 12.4. The van der Waals surface area contributed by atoms with Gasteiger partial charge in [-0.3, -0.25) is 4.72 Å². The van der Waals surface area contributed by atoms with Crippen LogP contribution in [-0.2, 0) is 28.2 Å². The van der Waals surface area contributed by atoms with Gasteiger partial charge < -0.3 is 9.30 Å². The molecule has 0 aliphatic heterocycles. The van der Waals surface area contributed by atoms with Gasteiger partial charge in [-0.25, -0.2) is 13.2 Å². The molecular weight excluding hydrogens is 304 g/mol. The molecule has 118 valence electrons. The zero-order valence-electron chi connectivity index (χ0n) is 12.7. The summed E-state index contributed by atoms with van der Waals surface area (Å²) < 4.78 is 33.2. The number of aromatic nitrogens is 1. The monoisotopic (exact) mass is 322 g/mol. The van der Waals surface area contributed by atoms with Crippen molar-refractivity contribution in [3.8, 4) is 0 Å². The van der Waals surface area contributed by atoms with Crippen LogP contribution in [0.1, 0.15) is 23.0 Å². The van der Waals surface area contributed by atoms with Crippen molar-refractivity contribution in [3.05, 3.63) is 47.8 Å².